The molecule has 0 saturated heterocycles. The molecule has 0 fully saturated rings. The van der Waals surface area contributed by atoms with Crippen LogP contribution in [0.1, 0.15) is 15.9 Å². The number of amides is 1. The molecule has 20 heavy (non-hydrogen) atoms. The van der Waals surface area contributed by atoms with Gasteiger partial charge in [-0.25, -0.2) is 4.98 Å². The number of carbonyl (C=O) groups excluding carboxylic acids is 1. The monoisotopic (exact) mass is 285 g/mol. The lowest BCUT2D eigenvalue weighted by Gasteiger charge is -2.09. The number of nitrogens with zero attached hydrogens (tertiary/aromatic N) is 2. The maximum absolute atomic E-state index is 12.3. The first kappa shape index (κ1) is 12.7. The van der Waals surface area contributed by atoms with Crippen molar-refractivity contribution in [3.8, 4) is 0 Å². The third-order valence-electron chi connectivity index (χ3n) is 3.12. The molecule has 0 unspecified atom stereocenters. The third-order valence-corrected chi connectivity index (χ3v) is 3.36. The van der Waals surface area contributed by atoms with Crippen LogP contribution in [0, 0.1) is 6.92 Å². The molecular weight excluding hydrogens is 274 g/mol. The van der Waals surface area contributed by atoms with Gasteiger partial charge in [-0.1, -0.05) is 17.7 Å². The van der Waals surface area contributed by atoms with Crippen LogP contribution in [0.3, 0.4) is 0 Å². The molecule has 0 radical (unpaired) electrons. The zero-order valence-corrected chi connectivity index (χ0v) is 11.6. The minimum Gasteiger partial charge on any atom is -0.322 e. The van der Waals surface area contributed by atoms with E-state index in [1.807, 2.05) is 23.6 Å². The van der Waals surface area contributed by atoms with Crippen molar-refractivity contribution in [1.29, 1.82) is 0 Å². The van der Waals surface area contributed by atoms with Crippen LogP contribution in [0.2, 0.25) is 5.02 Å². The lowest BCUT2D eigenvalue weighted by atomic mass is 10.2. The molecule has 0 aliphatic heterocycles. The van der Waals surface area contributed by atoms with E-state index < -0.39 is 0 Å². The van der Waals surface area contributed by atoms with Crippen LogP contribution in [0.15, 0.2) is 49.1 Å². The van der Waals surface area contributed by atoms with Gasteiger partial charge in [0.25, 0.3) is 5.91 Å². The minimum atomic E-state index is -0.168. The Kier molecular flexibility index (Phi) is 3.16. The van der Waals surface area contributed by atoms with Crippen LogP contribution in [-0.2, 0) is 0 Å². The van der Waals surface area contributed by atoms with E-state index in [-0.39, 0.29) is 5.91 Å². The number of carbonyl (C=O) groups is 1. The Morgan fingerprint density at radius 3 is 3.00 bits per heavy atom. The fourth-order valence-electron chi connectivity index (χ4n) is 1.98. The van der Waals surface area contributed by atoms with Gasteiger partial charge in [0, 0.05) is 22.5 Å². The fraction of sp³-hybridized carbons (Fsp3) is 0.0667. The Bertz CT molecular complexity index is 795. The smallest absolute Gasteiger partial charge is 0.255 e. The number of anilines is 1. The van der Waals surface area contributed by atoms with Gasteiger partial charge in [-0.2, -0.15) is 0 Å². The molecule has 1 aromatic carbocycles. The summed E-state index contributed by atoms with van der Waals surface area (Å²) in [5.74, 6) is -0.168. The molecule has 1 N–H and O–H groups in total. The zero-order chi connectivity index (χ0) is 14.1. The van der Waals surface area contributed by atoms with Crippen LogP contribution in [0.25, 0.3) is 5.52 Å². The maximum atomic E-state index is 12.3. The van der Waals surface area contributed by atoms with Gasteiger partial charge in [-0.15, -0.1) is 0 Å². The summed E-state index contributed by atoms with van der Waals surface area (Å²) in [6.07, 6.45) is 5.21. The number of rotatable bonds is 2. The molecule has 1 amide bonds. The SMILES string of the molecule is Cc1ccc(Cl)cc1NC(=O)c1ccn2cncc2c1. The molecule has 0 aliphatic carbocycles. The second-order valence-corrected chi connectivity index (χ2v) is 4.99. The van der Waals surface area contributed by atoms with E-state index in [9.17, 15) is 4.79 Å². The number of aromatic nitrogens is 2. The topological polar surface area (TPSA) is 46.4 Å². The third kappa shape index (κ3) is 2.38. The van der Waals surface area contributed by atoms with Crippen LogP contribution in [0.5, 0.6) is 0 Å². The molecule has 4 nitrogen and oxygen atoms in total. The Morgan fingerprint density at radius 1 is 1.30 bits per heavy atom. The van der Waals surface area contributed by atoms with Crippen LogP contribution in [0.4, 0.5) is 5.69 Å². The Labute approximate surface area is 121 Å². The second kappa shape index (κ2) is 4.98. The van der Waals surface area contributed by atoms with Crippen LogP contribution in [-0.4, -0.2) is 15.3 Å². The number of imidazole rings is 1. The fourth-order valence-corrected chi connectivity index (χ4v) is 2.16. The predicted molar refractivity (Wildman–Crippen MR) is 79.3 cm³/mol. The van der Waals surface area contributed by atoms with E-state index in [4.69, 9.17) is 11.6 Å². The number of nitrogens with one attached hydrogen (secondary N) is 1. The highest BCUT2D eigenvalue weighted by Gasteiger charge is 2.09. The molecule has 0 bridgehead atoms. The number of hydrogen-bond donors (Lipinski definition) is 1. The van der Waals surface area contributed by atoms with Crippen molar-refractivity contribution < 1.29 is 4.79 Å². The summed E-state index contributed by atoms with van der Waals surface area (Å²) < 4.78 is 1.85. The van der Waals surface area contributed by atoms with Crippen molar-refractivity contribution in [2.75, 3.05) is 5.32 Å². The summed E-state index contributed by atoms with van der Waals surface area (Å²) in [6.45, 7) is 1.92. The summed E-state index contributed by atoms with van der Waals surface area (Å²) in [5.41, 5.74) is 3.14. The Morgan fingerprint density at radius 2 is 2.15 bits per heavy atom. The molecule has 0 spiro atoms. The highest BCUT2D eigenvalue weighted by molar-refractivity contribution is 6.31. The molecular formula is C15H12ClN3O. The summed E-state index contributed by atoms with van der Waals surface area (Å²) in [7, 11) is 0. The molecule has 2 aromatic heterocycles. The van der Waals surface area contributed by atoms with Crippen LogP contribution >= 0.6 is 11.6 Å². The van der Waals surface area contributed by atoms with Crippen molar-refractivity contribution in [1.82, 2.24) is 9.38 Å². The molecule has 3 rings (SSSR count). The number of aryl methyl sites for hydroxylation is 1. The number of pyridine rings is 1. The average Bonchev–Trinajstić information content (AvgIpc) is 2.90. The first-order valence-electron chi connectivity index (χ1n) is 6.13. The van der Waals surface area contributed by atoms with Gasteiger partial charge in [0.15, 0.2) is 0 Å². The van der Waals surface area contributed by atoms with Crippen molar-refractivity contribution in [2.45, 2.75) is 6.92 Å². The summed E-state index contributed by atoms with van der Waals surface area (Å²) in [4.78, 5) is 16.3. The van der Waals surface area contributed by atoms with E-state index in [1.165, 1.54) is 0 Å². The molecule has 0 saturated carbocycles. The Hall–Kier alpha value is -2.33. The first-order chi connectivity index (χ1) is 9.63. The number of fused-ring (bicyclic) bond motifs is 1. The lowest BCUT2D eigenvalue weighted by molar-refractivity contribution is 0.102. The normalized spacial score (nSPS) is 10.7. The standard InChI is InChI=1S/C15H12ClN3O/c1-10-2-3-12(16)7-14(10)18-15(20)11-4-5-19-9-17-8-13(19)6-11/h2-9H,1H3,(H,18,20). The summed E-state index contributed by atoms with van der Waals surface area (Å²) in [6, 6.07) is 8.96. The maximum Gasteiger partial charge on any atom is 0.255 e. The first-order valence-corrected chi connectivity index (χ1v) is 6.50. The van der Waals surface area contributed by atoms with Crippen molar-refractivity contribution >= 4 is 28.7 Å². The number of hydrogen-bond acceptors (Lipinski definition) is 2. The molecule has 0 atom stereocenters. The van der Waals surface area contributed by atoms with Crippen molar-refractivity contribution in [2.24, 2.45) is 0 Å². The molecule has 0 aliphatic rings. The van der Waals surface area contributed by atoms with E-state index in [1.54, 1.807) is 36.8 Å². The van der Waals surface area contributed by atoms with Crippen LogP contribution < -0.4 is 5.32 Å². The van der Waals surface area contributed by atoms with Gasteiger partial charge >= 0.3 is 0 Å². The van der Waals surface area contributed by atoms with Crippen molar-refractivity contribution in [3.63, 3.8) is 0 Å². The van der Waals surface area contributed by atoms with E-state index in [2.05, 4.69) is 10.3 Å². The molecule has 100 valence electrons. The largest absolute Gasteiger partial charge is 0.322 e. The highest BCUT2D eigenvalue weighted by Crippen LogP contribution is 2.21. The van der Waals surface area contributed by atoms with E-state index >= 15 is 0 Å². The van der Waals surface area contributed by atoms with Gasteiger partial charge in [-0.3, -0.25) is 4.79 Å². The van der Waals surface area contributed by atoms with Gasteiger partial charge in [0.05, 0.1) is 18.0 Å². The second-order valence-electron chi connectivity index (χ2n) is 4.55. The van der Waals surface area contributed by atoms with Gasteiger partial charge in [-0.05, 0) is 36.8 Å². The number of benzene rings is 1. The van der Waals surface area contributed by atoms with Gasteiger partial charge < -0.3 is 9.72 Å². The van der Waals surface area contributed by atoms with E-state index in [0.717, 1.165) is 16.8 Å². The summed E-state index contributed by atoms with van der Waals surface area (Å²) >= 11 is 5.95. The summed E-state index contributed by atoms with van der Waals surface area (Å²) in [5, 5.41) is 3.47. The molecule has 3 aromatic rings. The minimum absolute atomic E-state index is 0.168. The molecule has 2 heterocycles. The van der Waals surface area contributed by atoms with Gasteiger partial charge in [0.1, 0.15) is 0 Å². The average molecular weight is 286 g/mol. The van der Waals surface area contributed by atoms with Gasteiger partial charge in [0.2, 0.25) is 0 Å². The van der Waals surface area contributed by atoms with Crippen molar-refractivity contribution in [3.05, 3.63) is 65.2 Å². The predicted octanol–water partition coefficient (Wildman–Crippen LogP) is 3.55. The zero-order valence-electron chi connectivity index (χ0n) is 10.8. The lowest BCUT2D eigenvalue weighted by Crippen LogP contribution is -2.13. The molecule has 5 heteroatoms. The number of halogens is 1. The van der Waals surface area contributed by atoms with E-state index in [0.29, 0.717) is 10.6 Å². The Balaban J connectivity index is 1.90. The highest BCUT2D eigenvalue weighted by atomic mass is 35.5. The quantitative estimate of drug-likeness (QED) is 0.783.